The van der Waals surface area contributed by atoms with Crippen LogP contribution in [0, 0.1) is 0 Å². The number of fused-ring (bicyclic) bond motifs is 8. The Bertz CT molecular complexity index is 2770. The van der Waals surface area contributed by atoms with Crippen molar-refractivity contribution in [1.82, 2.24) is 4.57 Å². The summed E-state index contributed by atoms with van der Waals surface area (Å²) in [5, 5.41) is 7.09. The number of nitrogens with zero attached hydrogens (tertiary/aromatic N) is 2. The first-order chi connectivity index (χ1) is 24.3. The fraction of sp³-hybridized carbons (Fsp3) is 0. The van der Waals surface area contributed by atoms with E-state index in [4.69, 9.17) is 4.42 Å². The van der Waals surface area contributed by atoms with Crippen molar-refractivity contribution in [2.75, 3.05) is 4.90 Å². The van der Waals surface area contributed by atoms with Gasteiger partial charge in [0.05, 0.1) is 11.0 Å². The molecule has 3 nitrogen and oxygen atoms in total. The Morgan fingerprint density at radius 2 is 1.02 bits per heavy atom. The van der Waals surface area contributed by atoms with E-state index in [0.29, 0.717) is 0 Å². The average Bonchev–Trinajstić information content (AvgIpc) is 3.72. The average molecular weight is 627 g/mol. The highest BCUT2D eigenvalue weighted by Gasteiger charge is 2.23. The van der Waals surface area contributed by atoms with Gasteiger partial charge in [-0.2, -0.15) is 0 Å². The molecule has 3 heteroatoms. The molecule has 0 bridgehead atoms. The zero-order valence-corrected chi connectivity index (χ0v) is 26.6. The molecule has 2 heterocycles. The van der Waals surface area contributed by atoms with E-state index in [-0.39, 0.29) is 0 Å². The van der Waals surface area contributed by atoms with Crippen LogP contribution in [0.5, 0.6) is 0 Å². The van der Waals surface area contributed by atoms with E-state index in [9.17, 15) is 0 Å². The second kappa shape index (κ2) is 11.0. The lowest BCUT2D eigenvalue weighted by Crippen LogP contribution is -2.09. The maximum absolute atomic E-state index is 6.78. The zero-order chi connectivity index (χ0) is 32.3. The lowest BCUT2D eigenvalue weighted by atomic mass is 9.93. The van der Waals surface area contributed by atoms with E-state index in [2.05, 4.69) is 185 Å². The van der Waals surface area contributed by atoms with Crippen LogP contribution in [0.3, 0.4) is 0 Å². The van der Waals surface area contributed by atoms with Gasteiger partial charge in [-0.15, -0.1) is 0 Å². The summed E-state index contributed by atoms with van der Waals surface area (Å²) < 4.78 is 9.18. The maximum atomic E-state index is 6.78. The van der Waals surface area contributed by atoms with Gasteiger partial charge >= 0.3 is 0 Å². The topological polar surface area (TPSA) is 21.3 Å². The van der Waals surface area contributed by atoms with Crippen molar-refractivity contribution < 1.29 is 4.42 Å². The van der Waals surface area contributed by atoms with Gasteiger partial charge in [-0.05, 0) is 88.6 Å². The third-order valence-electron chi connectivity index (χ3n) is 9.76. The summed E-state index contributed by atoms with van der Waals surface area (Å²) in [7, 11) is 0. The molecule has 0 fully saturated rings. The Kier molecular flexibility index (Phi) is 6.18. The molecule has 0 aliphatic heterocycles. The Balaban J connectivity index is 1.28. The second-order valence-corrected chi connectivity index (χ2v) is 12.5. The summed E-state index contributed by atoms with van der Waals surface area (Å²) >= 11 is 0. The van der Waals surface area contributed by atoms with Gasteiger partial charge in [0, 0.05) is 44.3 Å². The van der Waals surface area contributed by atoms with Crippen LogP contribution in [0.4, 0.5) is 17.1 Å². The smallest absolute Gasteiger partial charge is 0.160 e. The van der Waals surface area contributed by atoms with E-state index < -0.39 is 0 Å². The summed E-state index contributed by atoms with van der Waals surface area (Å²) in [4.78, 5) is 2.30. The Hall–Kier alpha value is -6.58. The minimum Gasteiger partial charge on any atom is -0.454 e. The van der Waals surface area contributed by atoms with Gasteiger partial charge in [0.25, 0.3) is 0 Å². The van der Waals surface area contributed by atoms with E-state index >= 15 is 0 Å². The van der Waals surface area contributed by atoms with Crippen LogP contribution in [0.15, 0.2) is 186 Å². The summed E-state index contributed by atoms with van der Waals surface area (Å²) in [6.45, 7) is 0. The standard InChI is InChI=1S/C46H30N2O/c1-3-16-32(17-4-1)47(33-18-5-2-6-19-33)34-26-28-35(29-27-34)48-42-24-11-9-22-39(42)44-40(37-23-13-15-31-14-7-8-20-36(31)37)30-41-38-21-10-12-25-43(38)49-46(41)45(44)48/h1-30H. The largest absolute Gasteiger partial charge is 0.454 e. The van der Waals surface area contributed by atoms with Crippen LogP contribution in [-0.4, -0.2) is 4.57 Å². The van der Waals surface area contributed by atoms with Crippen LogP contribution < -0.4 is 4.90 Å². The van der Waals surface area contributed by atoms with Gasteiger partial charge in [0.1, 0.15) is 5.58 Å². The van der Waals surface area contributed by atoms with Gasteiger partial charge in [0.2, 0.25) is 0 Å². The summed E-state index contributed by atoms with van der Waals surface area (Å²) in [5.74, 6) is 0. The predicted octanol–water partition coefficient (Wildman–Crippen LogP) is 13.0. The first-order valence-electron chi connectivity index (χ1n) is 16.7. The van der Waals surface area contributed by atoms with Crippen molar-refractivity contribution in [2.45, 2.75) is 0 Å². The molecule has 0 amide bonds. The van der Waals surface area contributed by atoms with Crippen molar-refractivity contribution in [1.29, 1.82) is 0 Å². The number of aromatic nitrogens is 1. The SMILES string of the molecule is c1ccc(N(c2ccccc2)c2ccc(-n3c4ccccc4c4c(-c5cccc6ccccc56)cc5c6ccccc6oc5c43)cc2)cc1. The molecule has 8 aromatic carbocycles. The Labute approximate surface area is 283 Å². The number of anilines is 3. The molecule has 0 unspecified atom stereocenters. The highest BCUT2D eigenvalue weighted by atomic mass is 16.3. The summed E-state index contributed by atoms with van der Waals surface area (Å²) in [6.07, 6.45) is 0. The minimum absolute atomic E-state index is 0.891. The molecular weight excluding hydrogens is 597 g/mol. The van der Waals surface area contributed by atoms with E-state index in [1.165, 1.54) is 32.7 Å². The Morgan fingerprint density at radius 1 is 0.429 bits per heavy atom. The van der Waals surface area contributed by atoms with Crippen LogP contribution >= 0.6 is 0 Å². The number of furan rings is 1. The molecule has 2 aromatic heterocycles. The molecule has 230 valence electrons. The molecule has 10 aromatic rings. The first kappa shape index (κ1) is 27.5. The number of hydrogen-bond donors (Lipinski definition) is 0. The maximum Gasteiger partial charge on any atom is 0.160 e. The first-order valence-corrected chi connectivity index (χ1v) is 16.7. The molecule has 10 rings (SSSR count). The number of rotatable bonds is 5. The molecular formula is C46H30N2O. The van der Waals surface area contributed by atoms with Crippen molar-refractivity contribution in [2.24, 2.45) is 0 Å². The predicted molar refractivity (Wildman–Crippen MR) is 206 cm³/mol. The van der Waals surface area contributed by atoms with E-state index in [0.717, 1.165) is 55.7 Å². The normalized spacial score (nSPS) is 11.7. The highest BCUT2D eigenvalue weighted by Crippen LogP contribution is 2.46. The number of hydrogen-bond acceptors (Lipinski definition) is 2. The molecule has 0 saturated heterocycles. The summed E-state index contributed by atoms with van der Waals surface area (Å²) in [6, 6.07) is 64.8. The lowest BCUT2D eigenvalue weighted by molar-refractivity contribution is 0.671. The third kappa shape index (κ3) is 4.29. The molecule has 0 aliphatic rings. The molecule has 0 N–H and O–H groups in total. The quantitative estimate of drug-likeness (QED) is 0.190. The van der Waals surface area contributed by atoms with Crippen molar-refractivity contribution >= 4 is 71.6 Å². The third-order valence-corrected chi connectivity index (χ3v) is 9.76. The van der Waals surface area contributed by atoms with E-state index in [1.54, 1.807) is 0 Å². The molecule has 0 radical (unpaired) electrons. The van der Waals surface area contributed by atoms with E-state index in [1.807, 2.05) is 6.07 Å². The fourth-order valence-electron chi connectivity index (χ4n) is 7.62. The minimum atomic E-state index is 0.891. The van der Waals surface area contributed by atoms with Crippen molar-refractivity contribution in [3.05, 3.63) is 182 Å². The van der Waals surface area contributed by atoms with Gasteiger partial charge in [0.15, 0.2) is 5.58 Å². The monoisotopic (exact) mass is 626 g/mol. The Morgan fingerprint density at radius 3 is 1.78 bits per heavy atom. The highest BCUT2D eigenvalue weighted by molar-refractivity contribution is 6.27. The fourth-order valence-corrected chi connectivity index (χ4v) is 7.62. The zero-order valence-electron chi connectivity index (χ0n) is 26.6. The van der Waals surface area contributed by atoms with Crippen LogP contribution in [0.25, 0.3) is 71.3 Å². The molecule has 49 heavy (non-hydrogen) atoms. The van der Waals surface area contributed by atoms with Gasteiger partial charge < -0.3 is 13.9 Å². The van der Waals surface area contributed by atoms with Gasteiger partial charge in [-0.25, -0.2) is 0 Å². The van der Waals surface area contributed by atoms with Crippen LogP contribution in [0.1, 0.15) is 0 Å². The summed E-state index contributed by atoms with van der Waals surface area (Å²) in [5.41, 5.74) is 10.8. The van der Waals surface area contributed by atoms with Gasteiger partial charge in [-0.3, -0.25) is 0 Å². The molecule has 0 aliphatic carbocycles. The van der Waals surface area contributed by atoms with Crippen LogP contribution in [-0.2, 0) is 0 Å². The second-order valence-electron chi connectivity index (χ2n) is 12.5. The van der Waals surface area contributed by atoms with Gasteiger partial charge in [-0.1, -0.05) is 115 Å². The molecule has 0 saturated carbocycles. The molecule has 0 atom stereocenters. The van der Waals surface area contributed by atoms with Crippen molar-refractivity contribution in [3.63, 3.8) is 0 Å². The van der Waals surface area contributed by atoms with Crippen molar-refractivity contribution in [3.8, 4) is 16.8 Å². The lowest BCUT2D eigenvalue weighted by Gasteiger charge is -2.25. The van der Waals surface area contributed by atoms with Crippen LogP contribution in [0.2, 0.25) is 0 Å². The number of para-hydroxylation sites is 4. The number of benzene rings is 8. The molecule has 0 spiro atoms.